The van der Waals surface area contributed by atoms with Crippen molar-refractivity contribution in [2.24, 2.45) is 10.7 Å². The van der Waals surface area contributed by atoms with Crippen LogP contribution in [-0.4, -0.2) is 53.7 Å². The van der Waals surface area contributed by atoms with E-state index in [1.807, 2.05) is 26.0 Å². The summed E-state index contributed by atoms with van der Waals surface area (Å²) in [4.78, 5) is 13.2. The smallest absolute Gasteiger partial charge is 0.226 e. The summed E-state index contributed by atoms with van der Waals surface area (Å²) in [6, 6.07) is 6.60. The van der Waals surface area contributed by atoms with Gasteiger partial charge in [-0.3, -0.25) is 4.99 Å². The second kappa shape index (κ2) is 8.83. The minimum atomic E-state index is -0.213. The molecule has 1 aliphatic rings. The summed E-state index contributed by atoms with van der Waals surface area (Å²) in [5.74, 6) is 2.02. The maximum atomic E-state index is 13.0. The van der Waals surface area contributed by atoms with Crippen molar-refractivity contribution in [2.45, 2.75) is 32.6 Å². The van der Waals surface area contributed by atoms with Crippen LogP contribution in [0.3, 0.4) is 0 Å². The second-order valence-corrected chi connectivity index (χ2v) is 7.00. The summed E-state index contributed by atoms with van der Waals surface area (Å²) >= 11 is 0. The van der Waals surface area contributed by atoms with E-state index in [9.17, 15) is 4.39 Å². The van der Waals surface area contributed by atoms with Gasteiger partial charge in [-0.2, -0.15) is 4.98 Å². The standard InChI is InChI=1S/C19H27FN6O/c1-14(2)18-23-17(27-24-18)4-3-9-22-19(21)26-12-10-25(11-13-26)16-7-5-15(20)6-8-16/h5-8,14H,3-4,9-13H2,1-2H3,(H2,21,22). The van der Waals surface area contributed by atoms with Gasteiger partial charge < -0.3 is 20.1 Å². The fraction of sp³-hybridized carbons (Fsp3) is 0.526. The normalized spacial score (nSPS) is 15.6. The fourth-order valence-corrected chi connectivity index (χ4v) is 2.97. The molecule has 27 heavy (non-hydrogen) atoms. The van der Waals surface area contributed by atoms with E-state index in [0.29, 0.717) is 24.8 Å². The third-order valence-corrected chi connectivity index (χ3v) is 4.62. The molecule has 1 aliphatic heterocycles. The molecule has 1 fully saturated rings. The van der Waals surface area contributed by atoms with E-state index >= 15 is 0 Å². The Labute approximate surface area is 159 Å². The minimum absolute atomic E-state index is 0.213. The minimum Gasteiger partial charge on any atom is -0.370 e. The number of benzene rings is 1. The van der Waals surface area contributed by atoms with Crippen molar-refractivity contribution in [1.29, 1.82) is 0 Å². The quantitative estimate of drug-likeness (QED) is 0.475. The van der Waals surface area contributed by atoms with Gasteiger partial charge in [0.1, 0.15) is 5.82 Å². The van der Waals surface area contributed by atoms with Crippen LogP contribution in [0.25, 0.3) is 0 Å². The molecule has 0 unspecified atom stereocenters. The SMILES string of the molecule is CC(C)c1noc(CCCN=C(N)N2CCN(c3ccc(F)cc3)CC2)n1. The molecule has 1 saturated heterocycles. The number of aliphatic imine (C=N–C) groups is 1. The average molecular weight is 374 g/mol. The van der Waals surface area contributed by atoms with Gasteiger partial charge in [-0.15, -0.1) is 0 Å². The van der Waals surface area contributed by atoms with E-state index in [1.54, 1.807) is 0 Å². The van der Waals surface area contributed by atoms with Gasteiger partial charge in [0.2, 0.25) is 5.89 Å². The average Bonchev–Trinajstić information content (AvgIpc) is 3.15. The van der Waals surface area contributed by atoms with Gasteiger partial charge in [-0.25, -0.2) is 4.39 Å². The predicted octanol–water partition coefficient (Wildman–Crippen LogP) is 2.40. The fourth-order valence-electron chi connectivity index (χ4n) is 2.97. The van der Waals surface area contributed by atoms with E-state index in [4.69, 9.17) is 10.3 Å². The van der Waals surface area contributed by atoms with Crippen LogP contribution in [0.5, 0.6) is 0 Å². The topological polar surface area (TPSA) is 83.8 Å². The molecule has 0 radical (unpaired) electrons. The van der Waals surface area contributed by atoms with Gasteiger partial charge >= 0.3 is 0 Å². The van der Waals surface area contributed by atoms with Gasteiger partial charge in [-0.05, 0) is 30.7 Å². The predicted molar refractivity (Wildman–Crippen MR) is 103 cm³/mol. The Morgan fingerprint density at radius 2 is 1.93 bits per heavy atom. The highest BCUT2D eigenvalue weighted by Gasteiger charge is 2.18. The summed E-state index contributed by atoms with van der Waals surface area (Å²) in [5.41, 5.74) is 7.17. The zero-order valence-corrected chi connectivity index (χ0v) is 15.9. The number of aryl methyl sites for hydroxylation is 1. The Bertz CT molecular complexity index is 750. The molecule has 0 aliphatic carbocycles. The number of halogens is 1. The van der Waals surface area contributed by atoms with Crippen molar-refractivity contribution in [3.05, 3.63) is 41.8 Å². The molecule has 0 bridgehead atoms. The van der Waals surface area contributed by atoms with E-state index in [-0.39, 0.29) is 11.7 Å². The highest BCUT2D eigenvalue weighted by Crippen LogP contribution is 2.17. The largest absolute Gasteiger partial charge is 0.370 e. The molecule has 146 valence electrons. The molecular formula is C19H27FN6O. The molecule has 7 nitrogen and oxygen atoms in total. The van der Waals surface area contributed by atoms with E-state index in [2.05, 4.69) is 24.9 Å². The monoisotopic (exact) mass is 374 g/mol. The summed E-state index contributed by atoms with van der Waals surface area (Å²) in [7, 11) is 0. The van der Waals surface area contributed by atoms with Crippen molar-refractivity contribution in [3.63, 3.8) is 0 Å². The van der Waals surface area contributed by atoms with Crippen LogP contribution in [0.2, 0.25) is 0 Å². The van der Waals surface area contributed by atoms with Crippen LogP contribution in [0.15, 0.2) is 33.8 Å². The van der Waals surface area contributed by atoms with E-state index in [0.717, 1.165) is 44.1 Å². The van der Waals surface area contributed by atoms with Crippen LogP contribution in [0.4, 0.5) is 10.1 Å². The van der Waals surface area contributed by atoms with E-state index < -0.39 is 0 Å². The first kappa shape index (κ1) is 19.1. The summed E-state index contributed by atoms with van der Waals surface area (Å²) < 4.78 is 18.3. The molecule has 0 spiro atoms. The molecular weight excluding hydrogens is 347 g/mol. The summed E-state index contributed by atoms with van der Waals surface area (Å²) in [6.07, 6.45) is 1.52. The number of rotatable bonds is 6. The molecule has 2 N–H and O–H groups in total. The number of nitrogens with zero attached hydrogens (tertiary/aromatic N) is 5. The molecule has 3 rings (SSSR count). The number of guanidine groups is 1. The highest BCUT2D eigenvalue weighted by atomic mass is 19.1. The van der Waals surface area contributed by atoms with Crippen molar-refractivity contribution in [2.75, 3.05) is 37.6 Å². The molecule has 1 aromatic carbocycles. The lowest BCUT2D eigenvalue weighted by atomic mass is 10.2. The second-order valence-electron chi connectivity index (χ2n) is 7.00. The lowest BCUT2D eigenvalue weighted by molar-refractivity contribution is 0.368. The van der Waals surface area contributed by atoms with Crippen molar-refractivity contribution in [3.8, 4) is 0 Å². The first-order valence-corrected chi connectivity index (χ1v) is 9.41. The number of aromatic nitrogens is 2. The van der Waals surface area contributed by atoms with Crippen molar-refractivity contribution >= 4 is 11.6 Å². The molecule has 8 heteroatoms. The Hall–Kier alpha value is -2.64. The van der Waals surface area contributed by atoms with Gasteiger partial charge in [0.15, 0.2) is 11.8 Å². The molecule has 1 aromatic heterocycles. The number of anilines is 1. The van der Waals surface area contributed by atoms with Crippen molar-refractivity contribution in [1.82, 2.24) is 15.0 Å². The number of hydrogen-bond donors (Lipinski definition) is 1. The third-order valence-electron chi connectivity index (χ3n) is 4.62. The van der Waals surface area contributed by atoms with Gasteiger partial charge in [0.25, 0.3) is 0 Å². The maximum absolute atomic E-state index is 13.0. The van der Waals surface area contributed by atoms with Crippen LogP contribution in [0.1, 0.15) is 37.9 Å². The molecule has 2 aromatic rings. The molecule has 2 heterocycles. The van der Waals surface area contributed by atoms with Gasteiger partial charge in [-0.1, -0.05) is 19.0 Å². The molecule has 0 amide bonds. The lowest BCUT2D eigenvalue weighted by Gasteiger charge is -2.36. The Morgan fingerprint density at radius 1 is 1.22 bits per heavy atom. The highest BCUT2D eigenvalue weighted by molar-refractivity contribution is 5.78. The van der Waals surface area contributed by atoms with Crippen LogP contribution >= 0.6 is 0 Å². The lowest BCUT2D eigenvalue weighted by Crippen LogP contribution is -2.51. The zero-order valence-electron chi connectivity index (χ0n) is 15.9. The first-order chi connectivity index (χ1) is 13.0. The van der Waals surface area contributed by atoms with Crippen LogP contribution in [0, 0.1) is 5.82 Å². The molecule has 0 saturated carbocycles. The van der Waals surface area contributed by atoms with Crippen LogP contribution < -0.4 is 10.6 Å². The maximum Gasteiger partial charge on any atom is 0.226 e. The first-order valence-electron chi connectivity index (χ1n) is 9.41. The number of nitrogens with two attached hydrogens (primary N) is 1. The van der Waals surface area contributed by atoms with Crippen molar-refractivity contribution < 1.29 is 8.91 Å². The third kappa shape index (κ3) is 5.18. The summed E-state index contributed by atoms with van der Waals surface area (Å²) in [6.45, 7) is 7.97. The number of piperazine rings is 1. The zero-order chi connectivity index (χ0) is 19.2. The van der Waals surface area contributed by atoms with Crippen LogP contribution in [-0.2, 0) is 6.42 Å². The Kier molecular flexibility index (Phi) is 6.26. The Morgan fingerprint density at radius 3 is 2.56 bits per heavy atom. The van der Waals surface area contributed by atoms with E-state index in [1.165, 1.54) is 12.1 Å². The molecule has 0 atom stereocenters. The number of hydrogen-bond acceptors (Lipinski definition) is 5. The van der Waals surface area contributed by atoms with Gasteiger partial charge in [0.05, 0.1) is 0 Å². The Balaban J connectivity index is 1.41. The van der Waals surface area contributed by atoms with Gasteiger partial charge in [0, 0.05) is 50.7 Å². The summed E-state index contributed by atoms with van der Waals surface area (Å²) in [5, 5.41) is 3.96.